The van der Waals surface area contributed by atoms with Gasteiger partial charge in [0.25, 0.3) is 0 Å². The minimum absolute atomic E-state index is 0.169. The third-order valence-electron chi connectivity index (χ3n) is 3.26. The molecule has 4 nitrogen and oxygen atoms in total. The first-order chi connectivity index (χ1) is 7.79. The molecule has 16 heavy (non-hydrogen) atoms. The summed E-state index contributed by atoms with van der Waals surface area (Å²) in [5, 5.41) is 17.1. The summed E-state index contributed by atoms with van der Waals surface area (Å²) in [6.45, 7) is 1.82. The van der Waals surface area contributed by atoms with E-state index in [4.69, 9.17) is 4.84 Å². The fourth-order valence-corrected chi connectivity index (χ4v) is 2.33. The lowest BCUT2D eigenvalue weighted by Crippen LogP contribution is -2.31. The Balaban J connectivity index is 1.86. The van der Waals surface area contributed by atoms with Crippen LogP contribution in [-0.2, 0) is 4.84 Å². The van der Waals surface area contributed by atoms with Crippen LogP contribution in [0, 0.1) is 0 Å². The molecule has 4 heteroatoms. The van der Waals surface area contributed by atoms with E-state index in [0.29, 0.717) is 0 Å². The van der Waals surface area contributed by atoms with Gasteiger partial charge < -0.3 is 15.3 Å². The fraction of sp³-hybridized carbons (Fsp3) is 0.417. The van der Waals surface area contributed by atoms with Crippen molar-refractivity contribution in [1.82, 2.24) is 5.32 Å². The Hall–Kier alpha value is -1.55. The van der Waals surface area contributed by atoms with Gasteiger partial charge in [0.2, 0.25) is 0 Å². The number of oxime groups is 1. The number of hydrogen-bond acceptors (Lipinski definition) is 4. The minimum atomic E-state index is -0.169. The number of phenolic OH excluding ortho intramolecular Hbond substituents is 1. The molecule has 0 aromatic heterocycles. The molecule has 1 aromatic rings. The van der Waals surface area contributed by atoms with Crippen molar-refractivity contribution < 1.29 is 9.94 Å². The van der Waals surface area contributed by atoms with Gasteiger partial charge in [-0.3, -0.25) is 0 Å². The normalized spacial score (nSPS) is 28.1. The Morgan fingerprint density at radius 2 is 2.25 bits per heavy atom. The fourth-order valence-electron chi connectivity index (χ4n) is 2.33. The Bertz CT molecular complexity index is 436. The van der Waals surface area contributed by atoms with E-state index >= 15 is 0 Å². The molecule has 0 saturated carbocycles. The Morgan fingerprint density at radius 3 is 3.00 bits per heavy atom. The molecule has 1 aromatic carbocycles. The molecule has 1 atom stereocenters. The van der Waals surface area contributed by atoms with E-state index in [-0.39, 0.29) is 11.4 Å². The van der Waals surface area contributed by atoms with Crippen LogP contribution in [-0.4, -0.2) is 29.5 Å². The first-order valence-electron chi connectivity index (χ1n) is 5.53. The van der Waals surface area contributed by atoms with Crippen LogP contribution in [0.25, 0.3) is 0 Å². The van der Waals surface area contributed by atoms with Gasteiger partial charge in [0, 0.05) is 24.9 Å². The third-order valence-corrected chi connectivity index (χ3v) is 3.26. The van der Waals surface area contributed by atoms with E-state index in [1.54, 1.807) is 6.07 Å². The van der Waals surface area contributed by atoms with Crippen LogP contribution in [0.1, 0.15) is 18.4 Å². The van der Waals surface area contributed by atoms with Gasteiger partial charge >= 0.3 is 0 Å². The van der Waals surface area contributed by atoms with Crippen molar-refractivity contribution in [2.75, 3.05) is 13.1 Å². The number of nitrogens with one attached hydrogen (secondary N) is 1. The number of benzene rings is 1. The summed E-state index contributed by atoms with van der Waals surface area (Å²) >= 11 is 0. The van der Waals surface area contributed by atoms with Gasteiger partial charge in [-0.15, -0.1) is 0 Å². The van der Waals surface area contributed by atoms with E-state index < -0.39 is 0 Å². The van der Waals surface area contributed by atoms with Gasteiger partial charge in [0.05, 0.1) is 5.71 Å². The van der Waals surface area contributed by atoms with E-state index in [2.05, 4.69) is 10.5 Å². The topological polar surface area (TPSA) is 53.9 Å². The monoisotopic (exact) mass is 218 g/mol. The molecule has 1 unspecified atom stereocenters. The summed E-state index contributed by atoms with van der Waals surface area (Å²) < 4.78 is 0. The number of nitrogens with zero attached hydrogens (tertiary/aromatic N) is 1. The minimum Gasteiger partial charge on any atom is -0.507 e. The van der Waals surface area contributed by atoms with E-state index in [1.165, 1.54) is 0 Å². The van der Waals surface area contributed by atoms with E-state index in [9.17, 15) is 5.11 Å². The highest BCUT2D eigenvalue weighted by molar-refractivity contribution is 6.03. The highest BCUT2D eigenvalue weighted by Gasteiger charge is 2.42. The second kappa shape index (κ2) is 3.49. The molecule has 2 heterocycles. The van der Waals surface area contributed by atoms with E-state index in [1.807, 2.05) is 18.2 Å². The quantitative estimate of drug-likeness (QED) is 0.746. The van der Waals surface area contributed by atoms with Crippen LogP contribution in [0.3, 0.4) is 0 Å². The molecule has 84 valence electrons. The molecule has 2 aliphatic heterocycles. The zero-order valence-corrected chi connectivity index (χ0v) is 8.94. The van der Waals surface area contributed by atoms with Gasteiger partial charge in [-0.25, -0.2) is 0 Å². The molecule has 1 fully saturated rings. The lowest BCUT2D eigenvalue weighted by molar-refractivity contribution is -0.00190. The van der Waals surface area contributed by atoms with Crippen molar-refractivity contribution in [1.29, 1.82) is 0 Å². The molecule has 1 saturated heterocycles. The zero-order chi connectivity index (χ0) is 11.0. The Labute approximate surface area is 93.9 Å². The van der Waals surface area contributed by atoms with Crippen LogP contribution < -0.4 is 5.32 Å². The number of para-hydroxylation sites is 1. The number of phenols is 1. The van der Waals surface area contributed by atoms with Crippen LogP contribution in [0.2, 0.25) is 0 Å². The maximum Gasteiger partial charge on any atom is 0.156 e. The van der Waals surface area contributed by atoms with Crippen LogP contribution in [0.15, 0.2) is 29.4 Å². The summed E-state index contributed by atoms with van der Waals surface area (Å²) in [4.78, 5) is 5.54. The Kier molecular flexibility index (Phi) is 2.11. The van der Waals surface area contributed by atoms with Crippen molar-refractivity contribution in [3.8, 4) is 5.75 Å². The molecule has 0 amide bonds. The van der Waals surface area contributed by atoms with Crippen molar-refractivity contribution in [2.45, 2.75) is 18.4 Å². The second-order valence-electron chi connectivity index (χ2n) is 4.43. The second-order valence-corrected chi connectivity index (χ2v) is 4.43. The summed E-state index contributed by atoms with van der Waals surface area (Å²) in [5.41, 5.74) is 1.46. The zero-order valence-electron chi connectivity index (χ0n) is 8.94. The summed E-state index contributed by atoms with van der Waals surface area (Å²) in [7, 11) is 0. The van der Waals surface area contributed by atoms with Crippen molar-refractivity contribution >= 4 is 5.71 Å². The van der Waals surface area contributed by atoms with Crippen LogP contribution in [0.5, 0.6) is 5.75 Å². The van der Waals surface area contributed by atoms with Crippen LogP contribution >= 0.6 is 0 Å². The van der Waals surface area contributed by atoms with Crippen molar-refractivity contribution in [2.24, 2.45) is 5.16 Å². The average molecular weight is 218 g/mol. The molecule has 3 rings (SSSR count). The largest absolute Gasteiger partial charge is 0.507 e. The maximum atomic E-state index is 9.75. The molecular formula is C12H14N2O2. The SMILES string of the molecule is Oc1ccccc1C1=NOC2(CCNC2)C1. The average Bonchev–Trinajstić information content (AvgIpc) is 2.91. The summed E-state index contributed by atoms with van der Waals surface area (Å²) in [6.07, 6.45) is 1.76. The third kappa shape index (κ3) is 1.46. The summed E-state index contributed by atoms with van der Waals surface area (Å²) in [6, 6.07) is 7.26. The standard InChI is InChI=1S/C12H14N2O2/c15-11-4-2-1-3-9(11)10-7-12(16-14-10)5-6-13-8-12/h1-4,13,15H,5-8H2. The van der Waals surface area contributed by atoms with Gasteiger partial charge in [-0.1, -0.05) is 17.3 Å². The summed E-state index contributed by atoms with van der Waals surface area (Å²) in [5.74, 6) is 0.271. The molecule has 2 N–H and O–H groups in total. The highest BCUT2D eigenvalue weighted by atomic mass is 16.7. The lowest BCUT2D eigenvalue weighted by atomic mass is 9.93. The molecule has 1 spiro atoms. The van der Waals surface area contributed by atoms with E-state index in [0.717, 1.165) is 37.2 Å². The van der Waals surface area contributed by atoms with Gasteiger partial charge in [0.1, 0.15) is 5.75 Å². The lowest BCUT2D eigenvalue weighted by Gasteiger charge is -2.18. The first kappa shape index (κ1) is 9.66. The molecule has 0 aliphatic carbocycles. The first-order valence-corrected chi connectivity index (χ1v) is 5.53. The molecule has 0 radical (unpaired) electrons. The number of aromatic hydroxyl groups is 1. The van der Waals surface area contributed by atoms with Crippen LogP contribution in [0.4, 0.5) is 0 Å². The Morgan fingerprint density at radius 1 is 1.38 bits per heavy atom. The smallest absolute Gasteiger partial charge is 0.156 e. The molecule has 2 aliphatic rings. The van der Waals surface area contributed by atoms with Crippen molar-refractivity contribution in [3.05, 3.63) is 29.8 Å². The molecular weight excluding hydrogens is 204 g/mol. The molecule has 0 bridgehead atoms. The highest BCUT2D eigenvalue weighted by Crippen LogP contribution is 2.33. The van der Waals surface area contributed by atoms with Gasteiger partial charge in [-0.2, -0.15) is 0 Å². The van der Waals surface area contributed by atoms with Crippen molar-refractivity contribution in [3.63, 3.8) is 0 Å². The predicted octanol–water partition coefficient (Wildman–Crippen LogP) is 1.25. The van der Waals surface area contributed by atoms with Gasteiger partial charge in [-0.05, 0) is 18.7 Å². The number of rotatable bonds is 1. The maximum absolute atomic E-state index is 9.75. The van der Waals surface area contributed by atoms with Gasteiger partial charge in [0.15, 0.2) is 5.60 Å². The number of hydrogen-bond donors (Lipinski definition) is 2. The predicted molar refractivity (Wildman–Crippen MR) is 60.6 cm³/mol.